The van der Waals surface area contributed by atoms with Crippen LogP contribution in [0.1, 0.15) is 0 Å². The number of Topliss-reactive ketones (excluding diaryl/α,β-unsaturated/α-hetero) is 1. The molecule has 0 radical (unpaired) electrons. The molecule has 2 rings (SSSR count). The highest BCUT2D eigenvalue weighted by atomic mass is 16.7. The molecule has 0 bridgehead atoms. The predicted molar refractivity (Wildman–Crippen MR) is 36.4 cm³/mol. The van der Waals surface area contributed by atoms with Crippen molar-refractivity contribution in [2.75, 3.05) is 20.5 Å². The molecule has 3 atom stereocenters. The van der Waals surface area contributed by atoms with Crippen molar-refractivity contribution in [2.45, 2.75) is 18.5 Å². The molecule has 0 aromatic carbocycles. The van der Waals surface area contributed by atoms with E-state index in [2.05, 4.69) is 0 Å². The fourth-order valence-electron chi connectivity index (χ4n) is 1.39. The Morgan fingerprint density at radius 2 is 2.42 bits per heavy atom. The molecule has 0 aliphatic carbocycles. The number of hydrogen-bond acceptors (Lipinski definition) is 5. The van der Waals surface area contributed by atoms with E-state index in [9.17, 15) is 4.79 Å². The predicted octanol–water partition coefficient (Wildman–Crippen LogP) is -0.700. The summed E-state index contributed by atoms with van der Waals surface area (Å²) in [6.07, 6.45) is -1.57. The first-order valence-corrected chi connectivity index (χ1v) is 3.74. The Kier molecular flexibility index (Phi) is 2.10. The minimum Gasteiger partial charge on any atom is -0.353 e. The molecule has 0 unspecified atom stereocenters. The average molecular weight is 174 g/mol. The molecule has 5 nitrogen and oxygen atoms in total. The number of fused-ring (bicyclic) bond motifs is 1. The van der Waals surface area contributed by atoms with E-state index in [1.54, 1.807) is 0 Å². The second-order valence-corrected chi connectivity index (χ2v) is 2.72. The van der Waals surface area contributed by atoms with Gasteiger partial charge in [0.05, 0.1) is 6.61 Å². The minimum absolute atomic E-state index is 0.147. The second kappa shape index (κ2) is 3.10. The monoisotopic (exact) mass is 174 g/mol. The van der Waals surface area contributed by atoms with Crippen molar-refractivity contribution in [2.24, 2.45) is 0 Å². The molecule has 2 heterocycles. The van der Waals surface area contributed by atoms with Gasteiger partial charge in [-0.2, -0.15) is 0 Å². The maximum atomic E-state index is 11.3. The molecule has 2 saturated heterocycles. The molecule has 68 valence electrons. The van der Waals surface area contributed by atoms with Gasteiger partial charge < -0.3 is 18.9 Å². The molecule has 5 heteroatoms. The van der Waals surface area contributed by atoms with Crippen LogP contribution >= 0.6 is 0 Å². The lowest BCUT2D eigenvalue weighted by molar-refractivity contribution is -0.193. The van der Waals surface area contributed by atoms with Gasteiger partial charge in [0.1, 0.15) is 12.9 Å². The fraction of sp³-hybridized carbons (Fsp3) is 0.857. The third kappa shape index (κ3) is 1.15. The summed E-state index contributed by atoms with van der Waals surface area (Å²) in [6, 6.07) is 0. The molecule has 0 saturated carbocycles. The van der Waals surface area contributed by atoms with Crippen LogP contribution in [-0.4, -0.2) is 44.8 Å². The van der Waals surface area contributed by atoms with Gasteiger partial charge in [0.25, 0.3) is 0 Å². The molecular weight excluding hydrogens is 164 g/mol. The van der Waals surface area contributed by atoms with Crippen LogP contribution < -0.4 is 0 Å². The van der Waals surface area contributed by atoms with Gasteiger partial charge in [-0.05, 0) is 0 Å². The second-order valence-electron chi connectivity index (χ2n) is 2.72. The van der Waals surface area contributed by atoms with E-state index in [0.717, 1.165) is 0 Å². The van der Waals surface area contributed by atoms with Crippen molar-refractivity contribution >= 4 is 5.78 Å². The zero-order valence-corrected chi connectivity index (χ0v) is 6.69. The number of carbonyl (C=O) groups is 1. The number of ether oxygens (including phenoxy) is 4. The topological polar surface area (TPSA) is 54.0 Å². The Labute approximate surface area is 69.5 Å². The van der Waals surface area contributed by atoms with E-state index in [1.807, 2.05) is 0 Å². The molecule has 2 aliphatic rings. The molecule has 12 heavy (non-hydrogen) atoms. The molecule has 0 spiro atoms. The first-order valence-electron chi connectivity index (χ1n) is 3.74. The van der Waals surface area contributed by atoms with Crippen LogP contribution in [0.5, 0.6) is 0 Å². The van der Waals surface area contributed by atoms with E-state index in [0.29, 0.717) is 6.61 Å². The number of methoxy groups -OCH3 is 1. The first kappa shape index (κ1) is 8.12. The van der Waals surface area contributed by atoms with Gasteiger partial charge >= 0.3 is 0 Å². The lowest BCUT2D eigenvalue weighted by Crippen LogP contribution is -2.39. The number of carbonyl (C=O) groups excluding carboxylic acids is 1. The van der Waals surface area contributed by atoms with E-state index < -0.39 is 12.4 Å². The summed E-state index contributed by atoms with van der Waals surface area (Å²) in [6.45, 7) is 0.558. The van der Waals surface area contributed by atoms with Gasteiger partial charge in [-0.1, -0.05) is 0 Å². The van der Waals surface area contributed by atoms with Crippen LogP contribution in [0.25, 0.3) is 0 Å². The summed E-state index contributed by atoms with van der Waals surface area (Å²) in [4.78, 5) is 11.3. The minimum atomic E-state index is -0.776. The highest BCUT2D eigenvalue weighted by Crippen LogP contribution is 2.23. The maximum Gasteiger partial charge on any atom is 0.220 e. The van der Waals surface area contributed by atoms with Crippen LogP contribution in [-0.2, 0) is 23.7 Å². The number of ketones is 1. The molecule has 0 aromatic rings. The molecule has 0 amide bonds. The smallest absolute Gasteiger partial charge is 0.220 e. The quantitative estimate of drug-likeness (QED) is 0.526. The van der Waals surface area contributed by atoms with Crippen molar-refractivity contribution in [3.05, 3.63) is 0 Å². The Hall–Kier alpha value is -0.490. The van der Waals surface area contributed by atoms with Gasteiger partial charge in [0, 0.05) is 7.11 Å². The summed E-state index contributed by atoms with van der Waals surface area (Å²) >= 11 is 0. The number of hydrogen-bond donors (Lipinski definition) is 0. The third-order valence-electron chi connectivity index (χ3n) is 1.98. The molecular formula is C7H10O5. The summed E-state index contributed by atoms with van der Waals surface area (Å²) in [5, 5.41) is 0. The zero-order valence-electron chi connectivity index (χ0n) is 6.69. The van der Waals surface area contributed by atoms with Gasteiger partial charge in [0.2, 0.25) is 12.1 Å². The van der Waals surface area contributed by atoms with E-state index in [-0.39, 0.29) is 18.7 Å². The maximum absolute atomic E-state index is 11.3. The van der Waals surface area contributed by atoms with Gasteiger partial charge in [0.15, 0.2) is 6.10 Å². The summed E-state index contributed by atoms with van der Waals surface area (Å²) in [5.41, 5.74) is 0. The van der Waals surface area contributed by atoms with E-state index in [1.165, 1.54) is 7.11 Å². The van der Waals surface area contributed by atoms with Crippen LogP contribution in [0.4, 0.5) is 0 Å². The van der Waals surface area contributed by atoms with Crippen LogP contribution in [0, 0.1) is 0 Å². The van der Waals surface area contributed by atoms with E-state index in [4.69, 9.17) is 18.9 Å². The summed E-state index contributed by atoms with van der Waals surface area (Å²) < 4.78 is 20.1. The Morgan fingerprint density at radius 3 is 3.08 bits per heavy atom. The van der Waals surface area contributed by atoms with Crippen molar-refractivity contribution in [1.82, 2.24) is 0 Å². The Morgan fingerprint density at radius 1 is 1.58 bits per heavy atom. The van der Waals surface area contributed by atoms with Crippen molar-refractivity contribution in [3.8, 4) is 0 Å². The van der Waals surface area contributed by atoms with Gasteiger partial charge in [-0.25, -0.2) is 0 Å². The molecule has 2 aliphatic heterocycles. The largest absolute Gasteiger partial charge is 0.353 e. The molecule has 0 N–H and O–H groups in total. The van der Waals surface area contributed by atoms with Crippen LogP contribution in [0.3, 0.4) is 0 Å². The molecule has 0 aromatic heterocycles. The normalized spacial score (nSPS) is 41.4. The number of rotatable bonds is 1. The van der Waals surface area contributed by atoms with E-state index >= 15 is 0 Å². The van der Waals surface area contributed by atoms with Crippen molar-refractivity contribution in [1.29, 1.82) is 0 Å². The summed E-state index contributed by atoms with van der Waals surface area (Å²) in [5.74, 6) is -0.147. The Bertz CT molecular complexity index is 192. The van der Waals surface area contributed by atoms with Crippen LogP contribution in [0.15, 0.2) is 0 Å². The SMILES string of the molecule is CO[C@@H]1O[C@@H]2COCO[C@@H]2C1=O. The standard InChI is InChI=1S/C7H10O5/c1-9-7-5(8)6-4(12-7)2-10-3-11-6/h4,6-7H,2-3H2,1H3/t4-,6+,7-/m1/s1. The molecule has 2 fully saturated rings. The lowest BCUT2D eigenvalue weighted by atomic mass is 10.1. The first-order chi connectivity index (χ1) is 5.83. The zero-order chi connectivity index (χ0) is 8.55. The van der Waals surface area contributed by atoms with Crippen molar-refractivity contribution < 1.29 is 23.7 Å². The highest BCUT2D eigenvalue weighted by Gasteiger charge is 2.46. The van der Waals surface area contributed by atoms with Gasteiger partial charge in [-0.15, -0.1) is 0 Å². The van der Waals surface area contributed by atoms with Gasteiger partial charge in [-0.3, -0.25) is 4.79 Å². The average Bonchev–Trinajstić information content (AvgIpc) is 2.44. The summed E-state index contributed by atoms with van der Waals surface area (Å²) in [7, 11) is 1.43. The fourth-order valence-corrected chi connectivity index (χ4v) is 1.39. The van der Waals surface area contributed by atoms with Crippen LogP contribution in [0.2, 0.25) is 0 Å². The highest BCUT2D eigenvalue weighted by molar-refractivity contribution is 5.88. The van der Waals surface area contributed by atoms with Crippen molar-refractivity contribution in [3.63, 3.8) is 0 Å². The Balaban J connectivity index is 2.08. The third-order valence-corrected chi connectivity index (χ3v) is 1.98. The lowest BCUT2D eigenvalue weighted by Gasteiger charge is -2.22.